The molecule has 14 nitrogen and oxygen atoms in total. The number of aliphatic hydroxyl groups excluding tert-OH is 1. The number of piperidine rings is 2. The van der Waals surface area contributed by atoms with Crippen molar-refractivity contribution in [1.29, 1.82) is 0 Å². The molecule has 3 heterocycles. The van der Waals surface area contributed by atoms with Crippen molar-refractivity contribution >= 4 is 75.9 Å². The Kier molecular flexibility index (Phi) is 15.7. The number of hydrogen-bond acceptors (Lipinski definition) is 9. The van der Waals surface area contributed by atoms with Crippen LogP contribution >= 0.6 is 23.2 Å². The van der Waals surface area contributed by atoms with Crippen LogP contribution in [-0.4, -0.2) is 95.0 Å². The van der Waals surface area contributed by atoms with E-state index < -0.39 is 35.8 Å². The average Bonchev–Trinajstić information content (AvgIpc) is 3.51. The molecule has 2 fully saturated rings. The molecule has 4 N–H and O–H groups in total. The van der Waals surface area contributed by atoms with E-state index in [1.807, 2.05) is 20.8 Å². The molecular weight excluding hydrogens is 847 g/mol. The molecule has 0 saturated carbocycles. The first-order valence-corrected chi connectivity index (χ1v) is 22.5. The van der Waals surface area contributed by atoms with Gasteiger partial charge in [-0.05, 0) is 73.9 Å². The van der Waals surface area contributed by atoms with Gasteiger partial charge in [-0.3, -0.25) is 43.8 Å². The third kappa shape index (κ3) is 11.6. The Bertz CT molecular complexity index is 2240. The largest absolute Gasteiger partial charge is 0.384 e. The maximum Gasteiger partial charge on any atom is 0.264 e. The van der Waals surface area contributed by atoms with Gasteiger partial charge in [0.25, 0.3) is 11.8 Å². The minimum Gasteiger partial charge on any atom is -0.384 e. The molecular formula is C47H56Cl2N6O8. The zero-order chi connectivity index (χ0) is 45.4. The van der Waals surface area contributed by atoms with Gasteiger partial charge in [0.1, 0.15) is 12.1 Å². The number of fused-ring (bicyclic) bond motifs is 1. The first-order valence-electron chi connectivity index (χ1n) is 21.7. The number of imide groups is 2. The van der Waals surface area contributed by atoms with E-state index in [-0.39, 0.29) is 65.9 Å². The van der Waals surface area contributed by atoms with E-state index in [1.54, 1.807) is 70.5 Å². The van der Waals surface area contributed by atoms with E-state index in [0.717, 1.165) is 30.6 Å². The van der Waals surface area contributed by atoms with Crippen LogP contribution in [0.25, 0.3) is 0 Å². The molecule has 0 aliphatic carbocycles. The predicted molar refractivity (Wildman–Crippen MR) is 240 cm³/mol. The summed E-state index contributed by atoms with van der Waals surface area (Å²) in [7, 11) is 0. The summed E-state index contributed by atoms with van der Waals surface area (Å²) in [6, 6.07) is 15.9. The van der Waals surface area contributed by atoms with Gasteiger partial charge >= 0.3 is 0 Å². The van der Waals surface area contributed by atoms with Crippen molar-refractivity contribution in [3.8, 4) is 0 Å². The molecule has 0 spiro atoms. The van der Waals surface area contributed by atoms with Crippen molar-refractivity contribution in [1.82, 2.24) is 20.4 Å². The Labute approximate surface area is 378 Å². The van der Waals surface area contributed by atoms with Gasteiger partial charge in [0.15, 0.2) is 0 Å². The van der Waals surface area contributed by atoms with Crippen LogP contribution in [0.4, 0.5) is 11.4 Å². The highest BCUT2D eigenvalue weighted by Gasteiger charge is 2.45. The third-order valence-corrected chi connectivity index (χ3v) is 12.2. The molecule has 0 bridgehead atoms. The highest BCUT2D eigenvalue weighted by Crippen LogP contribution is 2.38. The number of hydrogen-bond donors (Lipinski definition) is 4. The summed E-state index contributed by atoms with van der Waals surface area (Å²) >= 11 is 12.8. The molecule has 2 unspecified atom stereocenters. The Balaban J connectivity index is 0.901. The molecule has 6 rings (SSSR count). The fourth-order valence-corrected chi connectivity index (χ4v) is 8.80. The molecule has 3 aliphatic rings. The monoisotopic (exact) mass is 902 g/mol. The second-order valence-electron chi connectivity index (χ2n) is 17.6. The Morgan fingerprint density at radius 3 is 2.27 bits per heavy atom. The van der Waals surface area contributed by atoms with Crippen LogP contribution in [0.2, 0.25) is 10.0 Å². The van der Waals surface area contributed by atoms with Crippen molar-refractivity contribution in [3.05, 3.63) is 93.0 Å². The molecule has 3 aromatic carbocycles. The first kappa shape index (κ1) is 47.2. The second kappa shape index (κ2) is 20.9. The zero-order valence-corrected chi connectivity index (χ0v) is 37.5. The second-order valence-corrected chi connectivity index (χ2v) is 18.5. The average molecular weight is 904 g/mol. The Morgan fingerprint density at radius 1 is 0.857 bits per heavy atom. The van der Waals surface area contributed by atoms with Crippen molar-refractivity contribution in [2.75, 3.05) is 42.9 Å². The normalized spacial score (nSPS) is 17.3. The lowest BCUT2D eigenvalue weighted by atomic mass is 9.93. The lowest BCUT2D eigenvalue weighted by Crippen LogP contribution is -2.54. The van der Waals surface area contributed by atoms with Crippen LogP contribution in [0.15, 0.2) is 60.7 Å². The van der Waals surface area contributed by atoms with Crippen LogP contribution in [0.1, 0.15) is 123 Å². The summed E-state index contributed by atoms with van der Waals surface area (Å²) in [5.74, 6) is -2.81. The van der Waals surface area contributed by atoms with E-state index in [9.17, 15) is 38.7 Å². The molecule has 2 atom stereocenters. The summed E-state index contributed by atoms with van der Waals surface area (Å²) in [6.07, 6.45) is 3.37. The maximum absolute atomic E-state index is 13.9. The number of nitrogens with zero attached hydrogens (tertiary/aromatic N) is 3. The lowest BCUT2D eigenvalue weighted by molar-refractivity contribution is -0.136. The zero-order valence-electron chi connectivity index (χ0n) is 36.0. The van der Waals surface area contributed by atoms with Gasteiger partial charge in [0.2, 0.25) is 29.5 Å². The van der Waals surface area contributed by atoms with Gasteiger partial charge in [0, 0.05) is 90.5 Å². The van der Waals surface area contributed by atoms with Crippen LogP contribution in [-0.2, 0) is 24.0 Å². The van der Waals surface area contributed by atoms with Crippen molar-refractivity contribution in [2.24, 2.45) is 11.3 Å². The Morgan fingerprint density at radius 2 is 1.57 bits per heavy atom. The highest BCUT2D eigenvalue weighted by atomic mass is 35.5. The van der Waals surface area contributed by atoms with Gasteiger partial charge in [-0.15, -0.1) is 0 Å². The van der Waals surface area contributed by atoms with Gasteiger partial charge in [-0.1, -0.05) is 81.1 Å². The van der Waals surface area contributed by atoms with Crippen LogP contribution in [0, 0.1) is 11.3 Å². The van der Waals surface area contributed by atoms with Gasteiger partial charge in [0.05, 0.1) is 11.1 Å². The first-order chi connectivity index (χ1) is 30.0. The summed E-state index contributed by atoms with van der Waals surface area (Å²) < 4.78 is 0. The molecule has 0 aromatic heterocycles. The number of unbranched alkanes of at least 4 members (excludes halogenated alkanes) is 3. The molecule has 7 amide bonds. The fraction of sp³-hybridized carbons (Fsp3) is 0.468. The molecule has 2 saturated heterocycles. The van der Waals surface area contributed by atoms with Gasteiger partial charge in [-0.2, -0.15) is 0 Å². The number of benzene rings is 3. The lowest BCUT2D eigenvalue weighted by Gasteiger charge is -2.33. The standard InChI is InChI=1S/C47H56Cl2N6O8/c1-47(2,3)28-54(36-16-15-30(48)27-33(36)42(59)31-11-6-7-13-34(31)49)40(58)20-19-39(57)53-25-21-29(22-26-53)43(60)51-24-9-5-4-8-23-50-35-14-10-12-32-41(35)46(63)55(45(32)62)37-17-18-38(56)52-44(37)61/h6-7,10-16,27,29,37,42,50,59H,4-5,8-9,17-26,28H2,1-3H3,(H,51,60)(H,52,56,61). The van der Waals surface area contributed by atoms with E-state index >= 15 is 0 Å². The van der Waals surface area contributed by atoms with Crippen molar-refractivity contribution < 1.29 is 38.7 Å². The molecule has 16 heteroatoms. The molecule has 3 aliphatic heterocycles. The highest BCUT2D eigenvalue weighted by molar-refractivity contribution is 6.31. The fourth-order valence-electron chi connectivity index (χ4n) is 8.38. The quantitative estimate of drug-likeness (QED) is 0.0850. The van der Waals surface area contributed by atoms with Crippen LogP contribution in [0.5, 0.6) is 0 Å². The number of carbonyl (C=O) groups excluding carboxylic acids is 7. The number of nitrogens with one attached hydrogen (secondary N) is 3. The summed E-state index contributed by atoms with van der Waals surface area (Å²) in [6.45, 7) is 8.30. The minimum absolute atomic E-state index is 0.0103. The number of halogens is 2. The predicted octanol–water partition coefficient (Wildman–Crippen LogP) is 6.66. The SMILES string of the molecule is CC(C)(C)CN(C(=O)CCC(=O)N1CCC(C(=O)NCCCCCCNc2cccc3c2C(=O)N(C2CCC(=O)NC2=O)C3=O)CC1)c1ccc(Cl)cc1C(O)c1ccccc1Cl. The van der Waals surface area contributed by atoms with Crippen molar-refractivity contribution in [3.63, 3.8) is 0 Å². The molecule has 3 aromatic rings. The third-order valence-electron chi connectivity index (χ3n) is 11.7. The minimum atomic E-state index is -1.15. The number of amides is 7. The van der Waals surface area contributed by atoms with E-state index in [2.05, 4.69) is 16.0 Å². The summed E-state index contributed by atoms with van der Waals surface area (Å²) in [5, 5.41) is 20.8. The van der Waals surface area contributed by atoms with Crippen molar-refractivity contribution in [2.45, 2.75) is 97.1 Å². The van der Waals surface area contributed by atoms with Crippen LogP contribution in [0.3, 0.4) is 0 Å². The van der Waals surface area contributed by atoms with E-state index in [1.165, 1.54) is 0 Å². The number of anilines is 2. The van der Waals surface area contributed by atoms with Gasteiger partial charge < -0.3 is 25.5 Å². The Hall–Kier alpha value is -5.31. The topological polar surface area (TPSA) is 186 Å². The number of carbonyl (C=O) groups is 7. The molecule has 336 valence electrons. The molecule has 0 radical (unpaired) electrons. The number of aliphatic hydroxyl groups is 1. The summed E-state index contributed by atoms with van der Waals surface area (Å²) in [5.41, 5.74) is 2.08. The van der Waals surface area contributed by atoms with Gasteiger partial charge in [-0.25, -0.2) is 0 Å². The van der Waals surface area contributed by atoms with E-state index in [4.69, 9.17) is 23.2 Å². The smallest absolute Gasteiger partial charge is 0.264 e. The number of rotatable bonds is 17. The maximum atomic E-state index is 13.9. The van der Waals surface area contributed by atoms with E-state index in [0.29, 0.717) is 78.1 Å². The molecule has 63 heavy (non-hydrogen) atoms. The summed E-state index contributed by atoms with van der Waals surface area (Å²) in [4.78, 5) is 95.0. The van der Waals surface area contributed by atoms with Crippen LogP contribution < -0.4 is 20.9 Å². The number of likely N-dealkylation sites (tertiary alicyclic amines) is 1.